The van der Waals surface area contributed by atoms with Gasteiger partial charge >= 0.3 is 0 Å². The van der Waals surface area contributed by atoms with E-state index in [-0.39, 0.29) is 0 Å². The van der Waals surface area contributed by atoms with Crippen molar-refractivity contribution in [1.29, 1.82) is 0 Å². The minimum atomic E-state index is -1.20. The monoisotopic (exact) mass is 203 g/mol. The van der Waals surface area contributed by atoms with Crippen molar-refractivity contribution < 1.29 is 19.7 Å². The van der Waals surface area contributed by atoms with Crippen LogP contribution >= 0.6 is 0 Å². The van der Waals surface area contributed by atoms with E-state index in [1.54, 1.807) is 6.92 Å². The van der Waals surface area contributed by atoms with Crippen LogP contribution in [0.15, 0.2) is 5.11 Å². The van der Waals surface area contributed by atoms with E-state index in [2.05, 4.69) is 10.0 Å². The van der Waals surface area contributed by atoms with E-state index in [0.717, 1.165) is 0 Å². The molecule has 80 valence electrons. The third-order valence-electron chi connectivity index (χ3n) is 2.23. The summed E-state index contributed by atoms with van der Waals surface area (Å²) in [6.45, 7) is 1.64. The highest BCUT2D eigenvalue weighted by Gasteiger charge is 2.42. The fraction of sp³-hybridized carbons (Fsp3) is 1.00. The highest BCUT2D eigenvalue weighted by molar-refractivity contribution is 4.92. The van der Waals surface area contributed by atoms with Crippen LogP contribution in [0.25, 0.3) is 10.4 Å². The lowest BCUT2D eigenvalue weighted by Gasteiger charge is -2.38. The maximum Gasteiger partial charge on any atom is 0.185 e. The molecular formula is C7H13N3O4. The Labute approximate surface area is 80.9 Å². The van der Waals surface area contributed by atoms with Crippen LogP contribution in [0.2, 0.25) is 0 Å². The smallest absolute Gasteiger partial charge is 0.185 e. The van der Waals surface area contributed by atoms with E-state index >= 15 is 0 Å². The molecule has 0 bridgehead atoms. The van der Waals surface area contributed by atoms with Gasteiger partial charge in [0.25, 0.3) is 0 Å². The van der Waals surface area contributed by atoms with E-state index in [1.165, 1.54) is 7.11 Å². The van der Waals surface area contributed by atoms with Crippen molar-refractivity contribution in [3.05, 3.63) is 10.4 Å². The molecular weight excluding hydrogens is 190 g/mol. The molecule has 0 aromatic heterocycles. The van der Waals surface area contributed by atoms with E-state index in [9.17, 15) is 10.2 Å². The number of aliphatic hydroxyl groups excluding tert-OH is 2. The maximum atomic E-state index is 9.57. The van der Waals surface area contributed by atoms with Crippen molar-refractivity contribution in [2.75, 3.05) is 7.11 Å². The second-order valence-electron chi connectivity index (χ2n) is 3.12. The van der Waals surface area contributed by atoms with Crippen molar-refractivity contribution in [3.8, 4) is 0 Å². The number of azide groups is 1. The van der Waals surface area contributed by atoms with Gasteiger partial charge in [-0.25, -0.2) is 0 Å². The lowest BCUT2D eigenvalue weighted by molar-refractivity contribution is -0.260. The number of rotatable bonds is 2. The standard InChI is InChI=1S/C7H13N3O4/c1-3-4(9-10-8)5(11)6(12)7(13-2)14-3/h3-7,11-12H,1-2H3/t3-,4+,5+,6-,7+/m1/s1. The zero-order valence-electron chi connectivity index (χ0n) is 7.94. The number of hydrogen-bond donors (Lipinski definition) is 2. The summed E-state index contributed by atoms with van der Waals surface area (Å²) < 4.78 is 9.99. The van der Waals surface area contributed by atoms with Gasteiger partial charge in [-0.3, -0.25) is 0 Å². The summed E-state index contributed by atoms with van der Waals surface area (Å²) in [4.78, 5) is 2.58. The van der Waals surface area contributed by atoms with Crippen molar-refractivity contribution >= 4 is 0 Å². The highest BCUT2D eigenvalue weighted by atomic mass is 16.7. The molecule has 1 aliphatic heterocycles. The van der Waals surface area contributed by atoms with Gasteiger partial charge in [-0.15, -0.1) is 0 Å². The average molecular weight is 203 g/mol. The summed E-state index contributed by atoms with van der Waals surface area (Å²) in [5.74, 6) is 0. The van der Waals surface area contributed by atoms with Crippen LogP contribution in [-0.2, 0) is 9.47 Å². The third-order valence-corrected chi connectivity index (χ3v) is 2.23. The van der Waals surface area contributed by atoms with Gasteiger partial charge in [0.2, 0.25) is 0 Å². The molecule has 0 amide bonds. The first-order valence-corrected chi connectivity index (χ1v) is 4.20. The summed E-state index contributed by atoms with van der Waals surface area (Å²) in [6, 6.07) is -0.790. The zero-order valence-corrected chi connectivity index (χ0v) is 7.94. The molecule has 0 spiro atoms. The third kappa shape index (κ3) is 1.97. The number of aliphatic hydroxyl groups is 2. The second kappa shape index (κ2) is 4.59. The minimum Gasteiger partial charge on any atom is -0.390 e. The van der Waals surface area contributed by atoms with Crippen molar-refractivity contribution in [3.63, 3.8) is 0 Å². The lowest BCUT2D eigenvalue weighted by atomic mass is 9.98. The maximum absolute atomic E-state index is 9.57. The van der Waals surface area contributed by atoms with Gasteiger partial charge < -0.3 is 19.7 Å². The topological polar surface area (TPSA) is 108 Å². The van der Waals surface area contributed by atoms with Gasteiger partial charge in [0, 0.05) is 12.0 Å². The van der Waals surface area contributed by atoms with Gasteiger partial charge in [0.1, 0.15) is 6.10 Å². The quantitative estimate of drug-likeness (QED) is 0.367. The van der Waals surface area contributed by atoms with Gasteiger partial charge in [-0.2, -0.15) is 0 Å². The Kier molecular flexibility index (Phi) is 3.68. The van der Waals surface area contributed by atoms with Crippen molar-refractivity contribution in [2.24, 2.45) is 5.11 Å². The van der Waals surface area contributed by atoms with Crippen LogP contribution < -0.4 is 0 Å². The summed E-state index contributed by atoms with van der Waals surface area (Å²) in [5, 5.41) is 22.4. The molecule has 7 nitrogen and oxygen atoms in total. The number of hydrogen-bond acceptors (Lipinski definition) is 5. The molecule has 1 aliphatic rings. The first-order chi connectivity index (χ1) is 6.61. The van der Waals surface area contributed by atoms with Gasteiger partial charge in [0.05, 0.1) is 18.2 Å². The van der Waals surface area contributed by atoms with E-state index in [4.69, 9.17) is 15.0 Å². The number of methoxy groups -OCH3 is 1. The molecule has 1 fully saturated rings. The zero-order chi connectivity index (χ0) is 10.7. The molecule has 0 aliphatic carbocycles. The molecule has 2 N–H and O–H groups in total. The molecule has 1 heterocycles. The van der Waals surface area contributed by atoms with Gasteiger partial charge in [0.15, 0.2) is 6.29 Å². The van der Waals surface area contributed by atoms with Crippen LogP contribution in [0.3, 0.4) is 0 Å². The largest absolute Gasteiger partial charge is 0.390 e. The molecule has 1 saturated heterocycles. The number of ether oxygens (including phenoxy) is 2. The summed E-state index contributed by atoms with van der Waals surface area (Å²) >= 11 is 0. The van der Waals surface area contributed by atoms with E-state index < -0.39 is 30.6 Å². The van der Waals surface area contributed by atoms with Crippen molar-refractivity contribution in [2.45, 2.75) is 37.6 Å². The van der Waals surface area contributed by atoms with E-state index in [1.807, 2.05) is 0 Å². The molecule has 0 saturated carbocycles. The van der Waals surface area contributed by atoms with Gasteiger partial charge in [-0.1, -0.05) is 5.11 Å². The fourth-order valence-corrected chi connectivity index (χ4v) is 1.43. The Morgan fingerprint density at radius 1 is 1.43 bits per heavy atom. The predicted octanol–water partition coefficient (Wildman–Crippen LogP) is -0.222. The molecule has 0 radical (unpaired) electrons. The highest BCUT2D eigenvalue weighted by Crippen LogP contribution is 2.23. The Hall–Kier alpha value is -0.850. The van der Waals surface area contributed by atoms with Crippen LogP contribution in [0.1, 0.15) is 6.92 Å². The van der Waals surface area contributed by atoms with Crippen LogP contribution in [0.5, 0.6) is 0 Å². The average Bonchev–Trinajstić information content (AvgIpc) is 2.18. The molecule has 0 unspecified atom stereocenters. The molecule has 0 aromatic rings. The van der Waals surface area contributed by atoms with Crippen molar-refractivity contribution in [1.82, 2.24) is 0 Å². The Balaban J connectivity index is 2.78. The minimum absolute atomic E-state index is 0.491. The molecule has 5 atom stereocenters. The van der Waals surface area contributed by atoms with E-state index in [0.29, 0.717) is 0 Å². The molecule has 1 rings (SSSR count). The predicted molar refractivity (Wildman–Crippen MR) is 46.3 cm³/mol. The first kappa shape index (κ1) is 11.2. The second-order valence-corrected chi connectivity index (χ2v) is 3.12. The van der Waals surface area contributed by atoms with Gasteiger partial charge in [-0.05, 0) is 12.5 Å². The normalized spacial score (nSPS) is 43.0. The summed E-state index contributed by atoms with van der Waals surface area (Å²) in [6.07, 6.45) is -3.74. The first-order valence-electron chi connectivity index (χ1n) is 4.20. The fourth-order valence-electron chi connectivity index (χ4n) is 1.43. The Morgan fingerprint density at radius 3 is 2.57 bits per heavy atom. The Morgan fingerprint density at radius 2 is 2.07 bits per heavy atom. The summed E-state index contributed by atoms with van der Waals surface area (Å²) in [7, 11) is 1.36. The molecule has 0 aromatic carbocycles. The Bertz CT molecular complexity index is 243. The lowest BCUT2D eigenvalue weighted by Crippen LogP contribution is -2.56. The van der Waals surface area contributed by atoms with Crippen LogP contribution in [0.4, 0.5) is 0 Å². The molecule has 14 heavy (non-hydrogen) atoms. The van der Waals surface area contributed by atoms with Crippen LogP contribution in [-0.4, -0.2) is 48.0 Å². The van der Waals surface area contributed by atoms with Crippen LogP contribution in [0, 0.1) is 0 Å². The SMILES string of the molecule is CO[C@H]1O[C@H](C)[C@H](N=[N+]=[N-])[C@H](O)[C@H]1O. The number of nitrogens with zero attached hydrogens (tertiary/aromatic N) is 3. The molecule has 7 heteroatoms. The summed E-state index contributed by atoms with van der Waals surface area (Å²) in [5.41, 5.74) is 8.24.